The van der Waals surface area contributed by atoms with Crippen molar-refractivity contribution in [1.82, 2.24) is 0 Å². The summed E-state index contributed by atoms with van der Waals surface area (Å²) in [7, 11) is 4.03. The van der Waals surface area contributed by atoms with Crippen molar-refractivity contribution in [2.24, 2.45) is 0 Å². The van der Waals surface area contributed by atoms with Gasteiger partial charge in [0.25, 0.3) is 0 Å². The van der Waals surface area contributed by atoms with Gasteiger partial charge in [0.05, 0.1) is 0 Å². The molecule has 0 spiro atoms. The van der Waals surface area contributed by atoms with E-state index in [-0.39, 0.29) is 0 Å². The molecule has 0 saturated carbocycles. The summed E-state index contributed by atoms with van der Waals surface area (Å²) < 4.78 is 5.02. The number of rotatable bonds is 0. The van der Waals surface area contributed by atoms with Crippen LogP contribution < -0.4 is 0 Å². The van der Waals surface area contributed by atoms with E-state index in [0.717, 1.165) is 35.7 Å². The second-order valence-corrected chi connectivity index (χ2v) is 9.51. The zero-order valence-electron chi connectivity index (χ0n) is 2.41. The van der Waals surface area contributed by atoms with Crippen molar-refractivity contribution in [3.63, 3.8) is 0 Å². The van der Waals surface area contributed by atoms with Crippen LogP contribution in [0.2, 0.25) is 0 Å². The molecule has 0 aromatic carbocycles. The van der Waals surface area contributed by atoms with Crippen LogP contribution in [-0.4, -0.2) is 35.7 Å². The molecule has 0 amide bonds. The van der Waals surface area contributed by atoms with Gasteiger partial charge in [0.2, 0.25) is 0 Å². The first-order valence-electron chi connectivity index (χ1n) is 1.16. The normalized spacial score (nSPS) is 24.0. The summed E-state index contributed by atoms with van der Waals surface area (Å²) in [6, 6.07) is 0. The summed E-state index contributed by atoms with van der Waals surface area (Å²) in [6.07, 6.45) is 0. The fourth-order valence-corrected chi connectivity index (χ4v) is 10.3. The topological polar surface area (TPSA) is 9.23 Å². The Bertz CT molecular complexity index is 15.2. The maximum atomic E-state index is 5.02. The molecular weight excluding hydrogens is 128 g/mol. The Hall–Kier alpha value is 0.828. The van der Waals surface area contributed by atoms with E-state index >= 15 is 0 Å². The minimum absolute atomic E-state index is 0.861. The summed E-state index contributed by atoms with van der Waals surface area (Å²) in [4.78, 5) is 0. The predicted molar refractivity (Wildman–Crippen MR) is 24.1 cm³/mol. The minimum Gasteiger partial charge on any atom is -0.462 e. The molecule has 1 rings (SSSR count). The first-order chi connectivity index (χ1) is 2.50. The van der Waals surface area contributed by atoms with E-state index in [2.05, 4.69) is 0 Å². The van der Waals surface area contributed by atoms with Gasteiger partial charge in [-0.3, -0.25) is 0 Å². The van der Waals surface area contributed by atoms with Gasteiger partial charge in [0.1, 0.15) is 0 Å². The highest BCUT2D eigenvalue weighted by atomic mass is 29.7. The van der Waals surface area contributed by atoms with Crippen molar-refractivity contribution < 1.29 is 4.12 Å². The smallest absolute Gasteiger partial charge is 0.185 e. The molecule has 1 fully saturated rings. The molecule has 1 aliphatic heterocycles. The summed E-state index contributed by atoms with van der Waals surface area (Å²) in [6.45, 7) is 0. The summed E-state index contributed by atoms with van der Waals surface area (Å²) in [5.41, 5.74) is 0. The van der Waals surface area contributed by atoms with Crippen molar-refractivity contribution in [1.29, 1.82) is 0 Å². The average molecular weight is 128 g/mol. The standard InChI is InChI=1S/OSi4/c1-2-4-5-3-1. The fraction of sp³-hybridized carbons (Fsp3) is 0. The zero-order valence-corrected chi connectivity index (χ0v) is 6.41. The second kappa shape index (κ2) is 2.08. The maximum Gasteiger partial charge on any atom is 0.185 e. The molecule has 0 unspecified atom stereocenters. The lowest BCUT2D eigenvalue weighted by Crippen LogP contribution is -2.00. The van der Waals surface area contributed by atoms with Gasteiger partial charge in [-0.1, -0.05) is 0 Å². The van der Waals surface area contributed by atoms with E-state index in [1.807, 2.05) is 0 Å². The van der Waals surface area contributed by atoms with Gasteiger partial charge >= 0.3 is 0 Å². The minimum atomic E-state index is 0.861. The van der Waals surface area contributed by atoms with Gasteiger partial charge in [-0.05, 0) is 0 Å². The highest BCUT2D eigenvalue weighted by Crippen LogP contribution is 1.69. The Balaban J connectivity index is 2.08. The lowest BCUT2D eigenvalue weighted by molar-refractivity contribution is 0.678. The molecule has 0 aromatic heterocycles. The molecule has 22 valence electrons. The van der Waals surface area contributed by atoms with Crippen molar-refractivity contribution in [3.8, 4) is 0 Å². The van der Waals surface area contributed by atoms with Gasteiger partial charge in [-0.2, -0.15) is 0 Å². The third-order valence-electron chi connectivity index (χ3n) is 0.267. The Labute approximate surface area is 40.4 Å². The van der Waals surface area contributed by atoms with Gasteiger partial charge < -0.3 is 4.12 Å². The van der Waals surface area contributed by atoms with Crippen LogP contribution >= 0.6 is 0 Å². The molecule has 5 heavy (non-hydrogen) atoms. The van der Waals surface area contributed by atoms with Crippen LogP contribution in [0.5, 0.6) is 0 Å². The van der Waals surface area contributed by atoms with Crippen LogP contribution in [0.15, 0.2) is 0 Å². The molecule has 8 radical (unpaired) electrons. The summed E-state index contributed by atoms with van der Waals surface area (Å²) >= 11 is 0. The van der Waals surface area contributed by atoms with Crippen LogP contribution in [0.1, 0.15) is 0 Å². The Morgan fingerprint density at radius 2 is 1.60 bits per heavy atom. The van der Waals surface area contributed by atoms with Crippen molar-refractivity contribution in [2.45, 2.75) is 0 Å². The predicted octanol–water partition coefficient (Wildman–Crippen LogP) is -1.59. The van der Waals surface area contributed by atoms with Gasteiger partial charge in [0.15, 0.2) is 18.6 Å². The van der Waals surface area contributed by atoms with Crippen LogP contribution in [0.3, 0.4) is 0 Å². The number of hydrogen-bond acceptors (Lipinski definition) is 1. The third kappa shape index (κ3) is 1.14. The van der Waals surface area contributed by atoms with E-state index in [9.17, 15) is 0 Å². The summed E-state index contributed by atoms with van der Waals surface area (Å²) in [5.74, 6) is 0. The van der Waals surface area contributed by atoms with E-state index in [1.165, 1.54) is 0 Å². The van der Waals surface area contributed by atoms with E-state index in [4.69, 9.17) is 4.12 Å². The van der Waals surface area contributed by atoms with Crippen molar-refractivity contribution in [2.75, 3.05) is 0 Å². The maximum absolute atomic E-state index is 5.02. The molecular formula is OSi4. The van der Waals surface area contributed by atoms with Gasteiger partial charge in [-0.25, -0.2) is 0 Å². The van der Waals surface area contributed by atoms with Gasteiger partial charge in [0, 0.05) is 17.1 Å². The van der Waals surface area contributed by atoms with Crippen molar-refractivity contribution in [3.05, 3.63) is 0 Å². The number of hydrogen-bond donors (Lipinski definition) is 0. The molecule has 0 N–H and O–H groups in total. The average Bonchev–Trinajstić information content (AvgIpc) is 1.76. The van der Waals surface area contributed by atoms with Crippen molar-refractivity contribution >= 4 is 35.7 Å². The van der Waals surface area contributed by atoms with E-state index in [1.54, 1.807) is 0 Å². The largest absolute Gasteiger partial charge is 0.462 e. The second-order valence-electron chi connectivity index (χ2n) is 0.556. The molecule has 1 saturated heterocycles. The van der Waals surface area contributed by atoms with E-state index in [0.29, 0.717) is 0 Å². The van der Waals surface area contributed by atoms with Crippen LogP contribution in [0.4, 0.5) is 0 Å². The molecule has 0 aliphatic carbocycles. The highest BCUT2D eigenvalue weighted by molar-refractivity contribution is 7.47. The molecule has 1 heterocycles. The van der Waals surface area contributed by atoms with Crippen LogP contribution in [0, 0.1) is 0 Å². The summed E-state index contributed by atoms with van der Waals surface area (Å²) in [5, 5.41) is 0. The zero-order chi connectivity index (χ0) is 3.54. The molecule has 1 aliphatic rings. The Morgan fingerprint density at radius 3 is 1.80 bits per heavy atom. The molecule has 5 heteroatoms. The molecule has 0 aromatic rings. The lowest BCUT2D eigenvalue weighted by Gasteiger charge is -1.74. The highest BCUT2D eigenvalue weighted by Gasteiger charge is 2.02. The molecule has 1 nitrogen and oxygen atoms in total. The quantitative estimate of drug-likeness (QED) is 0.357. The van der Waals surface area contributed by atoms with E-state index < -0.39 is 0 Å². The first kappa shape index (κ1) is 4.00. The molecule has 0 atom stereocenters. The Kier molecular flexibility index (Phi) is 1.67. The van der Waals surface area contributed by atoms with Crippen LogP contribution in [0.25, 0.3) is 0 Å². The molecule has 0 bridgehead atoms. The SMILES string of the molecule is O1[Si][Si][Si][Si]1. The third-order valence-corrected chi connectivity index (χ3v) is 10.6. The fourth-order valence-electron chi connectivity index (χ4n) is 0.128. The monoisotopic (exact) mass is 128 g/mol. The Morgan fingerprint density at radius 1 is 1.00 bits per heavy atom. The van der Waals surface area contributed by atoms with Gasteiger partial charge in [-0.15, -0.1) is 0 Å². The van der Waals surface area contributed by atoms with Crippen LogP contribution in [-0.2, 0) is 4.12 Å². The lowest BCUT2D eigenvalue weighted by atomic mass is 15.8. The first-order valence-corrected chi connectivity index (χ1v) is 7.97.